The van der Waals surface area contributed by atoms with Crippen molar-refractivity contribution in [2.24, 2.45) is 0 Å². The van der Waals surface area contributed by atoms with Crippen LogP contribution in [0.1, 0.15) is 87.4 Å². The number of likely N-dealkylation sites (N-methyl/N-ethyl adjacent to an activating group) is 1. The van der Waals surface area contributed by atoms with E-state index in [1.807, 2.05) is 30.3 Å². The van der Waals surface area contributed by atoms with E-state index in [2.05, 4.69) is 39.7 Å². The van der Waals surface area contributed by atoms with Crippen molar-refractivity contribution >= 4 is 52.6 Å². The Labute approximate surface area is 392 Å². The van der Waals surface area contributed by atoms with E-state index < -0.39 is 17.8 Å². The number of carboxylic acid groups (broad SMARTS) is 1. The maximum absolute atomic E-state index is 13.7. The molecule has 3 aromatic carbocycles. The lowest BCUT2D eigenvalue weighted by Gasteiger charge is -2.32. The number of aromatic nitrogens is 1. The van der Waals surface area contributed by atoms with Gasteiger partial charge in [0, 0.05) is 63.4 Å². The maximum Gasteiger partial charge on any atom is 0.335 e. The lowest BCUT2D eigenvalue weighted by molar-refractivity contribution is -0.132. The van der Waals surface area contributed by atoms with Crippen LogP contribution < -0.4 is 16.0 Å². The number of aliphatic hydroxyl groups is 1. The van der Waals surface area contributed by atoms with Crippen LogP contribution in [-0.2, 0) is 43.2 Å². The molecule has 0 saturated carbocycles. The number of amides is 4. The van der Waals surface area contributed by atoms with E-state index in [9.17, 15) is 24.0 Å². The number of ether oxygens (including phenoxy) is 3. The van der Waals surface area contributed by atoms with Crippen molar-refractivity contribution in [3.05, 3.63) is 124 Å². The quantitative estimate of drug-likeness (QED) is 0.0297. The first-order chi connectivity index (χ1) is 31.9. The summed E-state index contributed by atoms with van der Waals surface area (Å²) >= 11 is 6.22. The summed E-state index contributed by atoms with van der Waals surface area (Å²) in [5, 5.41) is 26.4. The van der Waals surface area contributed by atoms with Crippen LogP contribution in [0.4, 0.5) is 11.4 Å². The zero-order chi connectivity index (χ0) is 47.7. The molecule has 356 valence electrons. The summed E-state index contributed by atoms with van der Waals surface area (Å²) in [6.45, 7) is 8.26. The maximum atomic E-state index is 13.7. The average molecular weight is 932 g/mol. The number of benzene rings is 3. The molecule has 0 fully saturated rings. The number of aliphatic hydroxyl groups excluding tert-OH is 1. The zero-order valence-corrected chi connectivity index (χ0v) is 38.8. The van der Waals surface area contributed by atoms with Crippen molar-refractivity contribution in [3.63, 3.8) is 0 Å². The number of rotatable bonds is 30. The Morgan fingerprint density at radius 2 is 1.35 bits per heavy atom. The van der Waals surface area contributed by atoms with Gasteiger partial charge < -0.3 is 45.3 Å². The number of hydrogen-bond acceptors (Lipinski definition) is 11. The molecule has 5 N–H and O–H groups in total. The van der Waals surface area contributed by atoms with E-state index in [1.165, 1.54) is 12.1 Å². The van der Waals surface area contributed by atoms with Gasteiger partial charge >= 0.3 is 5.97 Å². The Morgan fingerprint density at radius 3 is 1.98 bits per heavy atom. The fourth-order valence-corrected chi connectivity index (χ4v) is 7.11. The third kappa shape index (κ3) is 18.6. The number of nitrogens with one attached hydrogen (secondary N) is 3. The van der Waals surface area contributed by atoms with Crippen LogP contribution in [0, 0.1) is 0 Å². The van der Waals surface area contributed by atoms with Gasteiger partial charge in [-0.3, -0.25) is 24.1 Å². The van der Waals surface area contributed by atoms with Crippen molar-refractivity contribution in [1.82, 2.24) is 20.1 Å². The van der Waals surface area contributed by atoms with Crippen LogP contribution in [0.5, 0.6) is 0 Å². The summed E-state index contributed by atoms with van der Waals surface area (Å²) < 4.78 is 15.9. The number of aromatic carboxylic acids is 1. The van der Waals surface area contributed by atoms with Gasteiger partial charge in [-0.15, -0.1) is 0 Å². The normalized spacial score (nSPS) is 11.1. The first kappa shape index (κ1) is 52.9. The number of hydrogen-bond donors (Lipinski definition) is 5. The number of anilines is 2. The molecule has 4 rings (SSSR count). The van der Waals surface area contributed by atoms with Crippen LogP contribution in [0.2, 0.25) is 5.15 Å². The predicted molar refractivity (Wildman–Crippen MR) is 253 cm³/mol. The number of aryl methyl sites for hydroxylation is 2. The van der Waals surface area contributed by atoms with Crippen molar-refractivity contribution in [1.29, 1.82) is 0 Å². The van der Waals surface area contributed by atoms with E-state index in [-0.39, 0.29) is 66.0 Å². The van der Waals surface area contributed by atoms with Gasteiger partial charge in [-0.1, -0.05) is 61.8 Å². The van der Waals surface area contributed by atoms with Crippen LogP contribution in [0.25, 0.3) is 0 Å². The predicted octanol–water partition coefficient (Wildman–Crippen LogP) is 6.11. The van der Waals surface area contributed by atoms with Gasteiger partial charge in [-0.25, -0.2) is 9.78 Å². The minimum atomic E-state index is -0.966. The monoisotopic (exact) mass is 930 g/mol. The van der Waals surface area contributed by atoms with Crippen LogP contribution in [0.15, 0.2) is 84.9 Å². The van der Waals surface area contributed by atoms with Gasteiger partial charge in [-0.2, -0.15) is 0 Å². The van der Waals surface area contributed by atoms with Crippen molar-refractivity contribution in [3.8, 4) is 0 Å². The Balaban J connectivity index is 1.26. The van der Waals surface area contributed by atoms with E-state index in [1.54, 1.807) is 54.4 Å². The number of nitrogens with zero attached hydrogens (tertiary/aromatic N) is 3. The summed E-state index contributed by atoms with van der Waals surface area (Å²) in [6, 6.07) is 24.6. The summed E-state index contributed by atoms with van der Waals surface area (Å²) in [6.07, 6.45) is 3.35. The molecule has 4 aromatic rings. The standard InChI is InChI=1S/C49H63ClN6O10/c1-4-41(5-2)56(25-24-55(3)45(59)22-21-44(58)51-23-27-64-29-31-66-32-30-65-28-26-57)34-37-7-6-8-39(33-37)47(60)53-42-19-20-43(50)54-46(42)48(61)52-40-17-13-36(14-18-40)10-9-35-11-15-38(16-12-35)49(62)63/h6-8,11-20,33,41,57H,4-5,9-10,21-32,34H2,1-3H3,(H,51,58)(H,52,61)(H,53,60)(H,62,63). The highest BCUT2D eigenvalue weighted by molar-refractivity contribution is 6.29. The van der Waals surface area contributed by atoms with Crippen molar-refractivity contribution in [2.75, 3.05) is 83.6 Å². The molecule has 0 aliphatic rings. The number of carbonyl (C=O) groups excluding carboxylic acids is 4. The van der Waals surface area contributed by atoms with Gasteiger partial charge in [0.15, 0.2) is 5.69 Å². The largest absolute Gasteiger partial charge is 0.478 e. The summed E-state index contributed by atoms with van der Waals surface area (Å²) in [7, 11) is 1.73. The second kappa shape index (κ2) is 29.0. The topological polar surface area (TPSA) is 209 Å². The first-order valence-corrected chi connectivity index (χ1v) is 22.7. The Hall–Kier alpha value is -5.75. The molecule has 1 aromatic heterocycles. The highest BCUT2D eigenvalue weighted by Gasteiger charge is 2.21. The summed E-state index contributed by atoms with van der Waals surface area (Å²) in [5.74, 6) is -2.32. The average Bonchev–Trinajstić information content (AvgIpc) is 3.32. The van der Waals surface area contributed by atoms with E-state index in [4.69, 9.17) is 36.0 Å². The molecular weight excluding hydrogens is 868 g/mol. The molecule has 0 radical (unpaired) electrons. The second-order valence-electron chi connectivity index (χ2n) is 15.5. The fourth-order valence-electron chi connectivity index (χ4n) is 6.96. The van der Waals surface area contributed by atoms with Crippen molar-refractivity contribution in [2.45, 2.75) is 65.0 Å². The molecule has 0 aliphatic carbocycles. The number of carbonyl (C=O) groups is 5. The SMILES string of the molecule is CCC(CC)N(CCN(C)C(=O)CCC(=O)NCCOCCOCCOCCO)Cc1cccc(C(=O)Nc2ccc(Cl)nc2C(=O)Nc2ccc(CCc3ccc(C(=O)O)cc3)cc2)c1. The van der Waals surface area contributed by atoms with Gasteiger partial charge in [-0.05, 0) is 90.9 Å². The lowest BCUT2D eigenvalue weighted by atomic mass is 10.0. The zero-order valence-electron chi connectivity index (χ0n) is 38.1. The summed E-state index contributed by atoms with van der Waals surface area (Å²) in [5.41, 5.74) is 4.22. The molecule has 66 heavy (non-hydrogen) atoms. The third-order valence-electron chi connectivity index (χ3n) is 10.7. The van der Waals surface area contributed by atoms with E-state index in [0.717, 1.165) is 29.5 Å². The van der Waals surface area contributed by atoms with E-state index >= 15 is 0 Å². The molecule has 4 amide bonds. The van der Waals surface area contributed by atoms with Crippen molar-refractivity contribution < 1.29 is 48.4 Å². The van der Waals surface area contributed by atoms with Crippen LogP contribution in [-0.4, -0.2) is 134 Å². The van der Waals surface area contributed by atoms with Gasteiger partial charge in [0.05, 0.1) is 57.5 Å². The fraction of sp³-hybridized carbons (Fsp3) is 0.429. The van der Waals surface area contributed by atoms with Gasteiger partial charge in [0.1, 0.15) is 5.15 Å². The number of pyridine rings is 1. The molecule has 17 heteroatoms. The van der Waals surface area contributed by atoms with Crippen LogP contribution in [0.3, 0.4) is 0 Å². The Bertz CT molecular complexity index is 2150. The second-order valence-corrected chi connectivity index (χ2v) is 15.9. The van der Waals surface area contributed by atoms with E-state index in [0.29, 0.717) is 83.3 Å². The highest BCUT2D eigenvalue weighted by Crippen LogP contribution is 2.22. The number of carboxylic acids is 1. The molecule has 16 nitrogen and oxygen atoms in total. The first-order valence-electron chi connectivity index (χ1n) is 22.3. The molecule has 1 heterocycles. The molecule has 0 bridgehead atoms. The molecule has 0 unspecified atom stereocenters. The number of halogens is 1. The lowest BCUT2D eigenvalue weighted by Crippen LogP contribution is -2.41. The molecule has 0 saturated heterocycles. The summed E-state index contributed by atoms with van der Waals surface area (Å²) in [4.78, 5) is 71.9. The van der Waals surface area contributed by atoms with Gasteiger partial charge in [0.2, 0.25) is 11.8 Å². The molecule has 0 spiro atoms. The Morgan fingerprint density at radius 1 is 0.712 bits per heavy atom. The minimum Gasteiger partial charge on any atom is -0.478 e. The van der Waals surface area contributed by atoms with Crippen LogP contribution >= 0.6 is 11.6 Å². The Kier molecular flexibility index (Phi) is 23.2. The smallest absolute Gasteiger partial charge is 0.335 e. The molecular formula is C49H63ClN6O10. The van der Waals surface area contributed by atoms with Gasteiger partial charge in [0.25, 0.3) is 11.8 Å². The highest BCUT2D eigenvalue weighted by atomic mass is 35.5. The minimum absolute atomic E-state index is 0.0266. The third-order valence-corrected chi connectivity index (χ3v) is 10.9. The molecule has 0 aliphatic heterocycles. The molecule has 0 atom stereocenters.